The molecule has 0 aliphatic carbocycles. The molecule has 16 nitrogen and oxygen atoms in total. The maximum atomic E-state index is 15.3. The third kappa shape index (κ3) is 5.00. The molecular formula is C43H52N6O10Si2. The number of phenolic OH excluding ortho intramolecular Hbond substituents is 2. The lowest BCUT2D eigenvalue weighted by molar-refractivity contribution is -0.121. The van der Waals surface area contributed by atoms with Crippen LogP contribution in [0, 0.1) is 0 Å². The van der Waals surface area contributed by atoms with Gasteiger partial charge < -0.3 is 44.1 Å². The van der Waals surface area contributed by atoms with Crippen LogP contribution in [0.15, 0.2) is 69.6 Å². The first-order chi connectivity index (χ1) is 28.8. The summed E-state index contributed by atoms with van der Waals surface area (Å²) < 4.78 is 26.9. The minimum absolute atomic E-state index is 0.0670. The lowest BCUT2D eigenvalue weighted by Crippen LogP contribution is -2.85. The summed E-state index contributed by atoms with van der Waals surface area (Å²) in [5.74, 6) is -0.750. The standard InChI is InChI=1S/C43H52N6O10Si2/c1-22(2)60(23(3)4)40(55)18-36(57-35(40)19-50)49-21-47-43(61(59-60,24(5)6)25(7)8)38(49)45-20-46-42(43,44)39(54)48-26-9-12-30-29(15-26)37(53)58-41(30)31-13-10-27(51)16-33(31)56-34-17-28(52)11-14-32(34)41/h9-17,20-25,35-36,50-52,55H,18-19,44H2,1-8H3,(H,48,54)/t35-,36-,40-,42?,43?/m1/s1. The molecule has 0 aromatic heterocycles. The van der Waals surface area contributed by atoms with E-state index in [-0.39, 0.29) is 62.8 Å². The number of fused-ring (bicyclic) bond motifs is 9. The van der Waals surface area contributed by atoms with Gasteiger partial charge in [-0.2, -0.15) is 0 Å². The summed E-state index contributed by atoms with van der Waals surface area (Å²) in [5.41, 5.74) is 4.73. The summed E-state index contributed by atoms with van der Waals surface area (Å²) in [6, 6.07) is 13.9. The van der Waals surface area contributed by atoms with Gasteiger partial charge in [-0.1, -0.05) is 61.5 Å². The van der Waals surface area contributed by atoms with E-state index in [2.05, 4.69) is 5.32 Å². The molecule has 6 heterocycles. The number of phenols is 2. The van der Waals surface area contributed by atoms with E-state index in [0.29, 0.717) is 22.5 Å². The van der Waals surface area contributed by atoms with Gasteiger partial charge in [-0.25, -0.2) is 14.8 Å². The van der Waals surface area contributed by atoms with Crippen molar-refractivity contribution in [1.29, 1.82) is 0 Å². The Morgan fingerprint density at radius 1 is 0.885 bits per heavy atom. The van der Waals surface area contributed by atoms with Gasteiger partial charge in [0.05, 0.1) is 18.5 Å². The molecule has 322 valence electrons. The van der Waals surface area contributed by atoms with Crippen LogP contribution in [0.3, 0.4) is 0 Å². The number of amides is 1. The van der Waals surface area contributed by atoms with E-state index in [9.17, 15) is 25.2 Å². The molecule has 9 rings (SSSR count). The van der Waals surface area contributed by atoms with E-state index in [4.69, 9.17) is 39.0 Å². The van der Waals surface area contributed by atoms with Crippen molar-refractivity contribution in [3.63, 3.8) is 0 Å². The van der Waals surface area contributed by atoms with Crippen molar-refractivity contribution in [1.82, 2.24) is 4.90 Å². The van der Waals surface area contributed by atoms with Crippen LogP contribution < -0.4 is 15.8 Å². The molecule has 1 amide bonds. The Balaban J connectivity index is 1.18. The van der Waals surface area contributed by atoms with Crippen LogP contribution in [-0.4, -0.2) is 107 Å². The number of nitrogens with two attached hydrogens (primary N) is 1. The fourth-order valence-corrected chi connectivity index (χ4v) is 28.1. The normalized spacial score (nSPS) is 29.4. The Bertz CT molecular complexity index is 2410. The number of aliphatic hydroxyl groups excluding tert-OH is 1. The minimum Gasteiger partial charge on any atom is -0.508 e. The number of carbonyl (C=O) groups excluding carboxylic acids is 2. The van der Waals surface area contributed by atoms with Crippen molar-refractivity contribution < 1.29 is 48.3 Å². The molecule has 7 N–H and O–H groups in total. The third-order valence-corrected chi connectivity index (χ3v) is 27.4. The van der Waals surface area contributed by atoms with Crippen LogP contribution in [0.2, 0.25) is 22.2 Å². The summed E-state index contributed by atoms with van der Waals surface area (Å²) in [6.45, 7) is 16.0. The Morgan fingerprint density at radius 2 is 1.48 bits per heavy atom. The number of rotatable bonds is 7. The number of benzene rings is 3. The van der Waals surface area contributed by atoms with E-state index in [1.807, 2.05) is 55.4 Å². The molecule has 61 heavy (non-hydrogen) atoms. The van der Waals surface area contributed by atoms with Gasteiger partial charge in [0, 0.05) is 40.9 Å². The zero-order valence-corrected chi connectivity index (χ0v) is 37.3. The van der Waals surface area contributed by atoms with Crippen molar-refractivity contribution in [2.45, 2.75) is 118 Å². The summed E-state index contributed by atoms with van der Waals surface area (Å²) in [4.78, 5) is 45.9. The number of hydrogen-bond donors (Lipinski definition) is 6. The van der Waals surface area contributed by atoms with Gasteiger partial charge in [-0.05, 0) is 58.6 Å². The van der Waals surface area contributed by atoms with Crippen LogP contribution in [0.1, 0.15) is 88.9 Å². The van der Waals surface area contributed by atoms with E-state index >= 15 is 4.79 Å². The highest BCUT2D eigenvalue weighted by Gasteiger charge is 2.81. The van der Waals surface area contributed by atoms with Gasteiger partial charge in [0.15, 0.2) is 10.8 Å². The van der Waals surface area contributed by atoms with Gasteiger partial charge in [0.2, 0.25) is 22.3 Å². The number of aromatic hydroxyl groups is 2. The fourth-order valence-electron chi connectivity index (χ4n) is 11.8. The number of aliphatic hydroxyl groups is 2. The molecule has 0 radical (unpaired) electrons. The Morgan fingerprint density at radius 3 is 2.05 bits per heavy atom. The van der Waals surface area contributed by atoms with Crippen LogP contribution in [0.5, 0.6) is 23.0 Å². The number of nitrogens with zero attached hydrogens (tertiary/aromatic N) is 4. The fraction of sp³-hybridized carbons (Fsp3) is 0.465. The second-order valence-electron chi connectivity index (χ2n) is 18.3. The average Bonchev–Trinajstić information content (AvgIpc) is 3.85. The van der Waals surface area contributed by atoms with Gasteiger partial charge in [0.1, 0.15) is 52.7 Å². The van der Waals surface area contributed by atoms with Crippen molar-refractivity contribution in [3.8, 4) is 23.0 Å². The van der Waals surface area contributed by atoms with Gasteiger partial charge in [-0.15, -0.1) is 0 Å². The molecule has 18 heteroatoms. The number of hydrogen-bond acceptors (Lipinski definition) is 15. The molecule has 1 spiro atoms. The molecule has 2 saturated heterocycles. The van der Waals surface area contributed by atoms with E-state index in [0.717, 1.165) is 0 Å². The molecule has 3 aromatic rings. The monoisotopic (exact) mass is 868 g/mol. The first kappa shape index (κ1) is 41.4. The predicted octanol–water partition coefficient (Wildman–Crippen LogP) is 5.26. The lowest BCUT2D eigenvalue weighted by Gasteiger charge is -2.61. The first-order valence-electron chi connectivity index (χ1n) is 20.8. The smallest absolute Gasteiger partial charge is 0.340 e. The highest BCUT2D eigenvalue weighted by Crippen LogP contribution is 2.61. The van der Waals surface area contributed by atoms with E-state index in [1.165, 1.54) is 36.7 Å². The van der Waals surface area contributed by atoms with E-state index in [1.54, 1.807) is 35.5 Å². The van der Waals surface area contributed by atoms with Crippen molar-refractivity contribution >= 4 is 52.7 Å². The highest BCUT2D eigenvalue weighted by atomic mass is 28.4. The van der Waals surface area contributed by atoms with Crippen LogP contribution in [0.25, 0.3) is 0 Å². The van der Waals surface area contributed by atoms with Crippen molar-refractivity contribution in [2.24, 2.45) is 20.7 Å². The largest absolute Gasteiger partial charge is 0.508 e. The number of carbonyl (C=O) groups is 2. The first-order valence-corrected chi connectivity index (χ1v) is 24.9. The Kier molecular flexibility index (Phi) is 9.18. The number of esters is 1. The maximum absolute atomic E-state index is 15.3. The zero-order valence-electron chi connectivity index (χ0n) is 35.3. The van der Waals surface area contributed by atoms with Crippen LogP contribution in [-0.2, 0) is 24.0 Å². The number of nitrogens with one attached hydrogen (secondary N) is 1. The molecular weight excluding hydrogens is 817 g/mol. The van der Waals surface area contributed by atoms with Crippen LogP contribution >= 0.6 is 0 Å². The quantitative estimate of drug-likeness (QED) is 0.132. The molecule has 2 fully saturated rings. The zero-order chi connectivity index (χ0) is 43.8. The molecule has 6 aliphatic heterocycles. The SMILES string of the molecule is CC(C)[Si]1(C(C)C)O[Si](C(C)C)(C(C)C)[C@]2(O)C[C@@H](O[C@@H]2CO)N2C=NC13C2=NC=NC3(N)C(=O)Nc1ccc2c(c1)C(=O)OC21c2ccc(O)cc2Oc2cc(O)ccc21. The van der Waals surface area contributed by atoms with E-state index < -0.39 is 69.1 Å². The third-order valence-electron chi connectivity index (χ3n) is 14.1. The second-order valence-corrected chi connectivity index (χ2v) is 28.5. The number of aliphatic imine (C=N–C) groups is 3. The molecule has 3 aromatic carbocycles. The maximum Gasteiger partial charge on any atom is 0.340 e. The molecule has 4 bridgehead atoms. The van der Waals surface area contributed by atoms with Gasteiger partial charge >= 0.3 is 5.97 Å². The minimum atomic E-state index is -3.78. The Labute approximate surface area is 355 Å². The van der Waals surface area contributed by atoms with Crippen LogP contribution in [0.4, 0.5) is 5.69 Å². The number of ether oxygens (including phenoxy) is 3. The molecule has 5 atom stereocenters. The number of anilines is 1. The second kappa shape index (κ2) is 13.5. The topological polar surface area (TPSA) is 230 Å². The summed E-state index contributed by atoms with van der Waals surface area (Å²) in [5, 5.41) is 44.4. The van der Waals surface area contributed by atoms with Gasteiger partial charge in [0.25, 0.3) is 5.91 Å². The molecule has 2 unspecified atom stereocenters. The summed E-state index contributed by atoms with van der Waals surface area (Å²) in [6.07, 6.45) is 1.17. The molecule has 6 aliphatic rings. The van der Waals surface area contributed by atoms with Crippen molar-refractivity contribution in [2.75, 3.05) is 11.9 Å². The van der Waals surface area contributed by atoms with Gasteiger partial charge in [-0.3, -0.25) is 20.4 Å². The predicted molar refractivity (Wildman–Crippen MR) is 231 cm³/mol. The summed E-state index contributed by atoms with van der Waals surface area (Å²) >= 11 is 0. The highest BCUT2D eigenvalue weighted by molar-refractivity contribution is 6.94. The average molecular weight is 869 g/mol. The molecule has 0 saturated carbocycles. The number of amidine groups is 1. The Hall–Kier alpha value is -4.96. The lowest BCUT2D eigenvalue weighted by atomic mass is 9.77. The van der Waals surface area contributed by atoms with Crippen molar-refractivity contribution in [3.05, 3.63) is 76.9 Å². The summed E-state index contributed by atoms with van der Waals surface area (Å²) in [7, 11) is -7.33.